The van der Waals surface area contributed by atoms with Crippen LogP contribution in [0.25, 0.3) is 0 Å². The summed E-state index contributed by atoms with van der Waals surface area (Å²) in [6.45, 7) is 0.518. The van der Waals surface area contributed by atoms with Crippen LogP contribution >= 0.6 is 11.8 Å². The van der Waals surface area contributed by atoms with E-state index in [9.17, 15) is 8.42 Å². The molecule has 4 nitrogen and oxygen atoms in total. The molecule has 2 rings (SSSR count). The van der Waals surface area contributed by atoms with Gasteiger partial charge in [-0.2, -0.15) is 11.8 Å². The second-order valence-electron chi connectivity index (χ2n) is 4.49. The Labute approximate surface area is 113 Å². The molecule has 6 heteroatoms. The molecule has 0 aliphatic heterocycles. The molecule has 1 aromatic carbocycles. The summed E-state index contributed by atoms with van der Waals surface area (Å²) in [6, 6.07) is 6.76. The molecule has 0 aromatic heterocycles. The first-order chi connectivity index (χ1) is 8.51. The maximum atomic E-state index is 12.1. The SMILES string of the molecule is CNc1ccc(S(=O)(=O)NCC2(SC)CC2)cc1. The number of rotatable bonds is 6. The van der Waals surface area contributed by atoms with Gasteiger partial charge < -0.3 is 5.32 Å². The van der Waals surface area contributed by atoms with E-state index in [4.69, 9.17) is 0 Å². The molecule has 0 heterocycles. The van der Waals surface area contributed by atoms with Crippen LogP contribution in [-0.4, -0.2) is 33.0 Å². The molecular formula is C12H18N2O2S2. The highest BCUT2D eigenvalue weighted by atomic mass is 32.2. The van der Waals surface area contributed by atoms with Crippen LogP contribution in [0.3, 0.4) is 0 Å². The van der Waals surface area contributed by atoms with Crippen molar-refractivity contribution in [2.24, 2.45) is 0 Å². The van der Waals surface area contributed by atoms with Crippen molar-refractivity contribution in [3.63, 3.8) is 0 Å². The van der Waals surface area contributed by atoms with Crippen molar-refractivity contribution in [3.05, 3.63) is 24.3 Å². The monoisotopic (exact) mass is 286 g/mol. The number of anilines is 1. The topological polar surface area (TPSA) is 58.2 Å². The number of hydrogen-bond acceptors (Lipinski definition) is 4. The fourth-order valence-corrected chi connectivity index (χ4v) is 3.65. The van der Waals surface area contributed by atoms with E-state index in [0.717, 1.165) is 18.5 Å². The van der Waals surface area contributed by atoms with Crippen molar-refractivity contribution < 1.29 is 8.42 Å². The minimum atomic E-state index is -3.38. The minimum Gasteiger partial charge on any atom is -0.388 e. The van der Waals surface area contributed by atoms with Crippen molar-refractivity contribution in [2.45, 2.75) is 22.5 Å². The molecule has 0 unspecified atom stereocenters. The Morgan fingerprint density at radius 1 is 1.28 bits per heavy atom. The zero-order chi connectivity index (χ0) is 13.2. The highest BCUT2D eigenvalue weighted by Crippen LogP contribution is 2.46. The molecule has 1 aliphatic rings. The molecule has 1 saturated carbocycles. The first-order valence-corrected chi connectivity index (χ1v) is 8.55. The Bertz CT molecular complexity index is 507. The van der Waals surface area contributed by atoms with Gasteiger partial charge in [0.15, 0.2) is 0 Å². The number of benzene rings is 1. The summed E-state index contributed by atoms with van der Waals surface area (Å²) in [6.07, 6.45) is 4.22. The Balaban J connectivity index is 2.05. The summed E-state index contributed by atoms with van der Waals surface area (Å²) in [5.41, 5.74) is 0.900. The zero-order valence-electron chi connectivity index (χ0n) is 10.6. The molecule has 0 saturated heterocycles. The summed E-state index contributed by atoms with van der Waals surface area (Å²) in [4.78, 5) is 0.318. The van der Waals surface area contributed by atoms with E-state index in [-0.39, 0.29) is 4.75 Å². The summed E-state index contributed by atoms with van der Waals surface area (Å²) in [7, 11) is -1.58. The van der Waals surface area contributed by atoms with Gasteiger partial charge in [-0.05, 0) is 43.4 Å². The predicted octanol–water partition coefficient (Wildman–Crippen LogP) is 1.90. The van der Waals surface area contributed by atoms with Crippen LogP contribution in [-0.2, 0) is 10.0 Å². The highest BCUT2D eigenvalue weighted by Gasteiger charge is 2.42. The average Bonchev–Trinajstić information content (AvgIpc) is 3.17. The second kappa shape index (κ2) is 5.11. The first kappa shape index (κ1) is 13.7. The summed E-state index contributed by atoms with van der Waals surface area (Å²) >= 11 is 1.74. The van der Waals surface area contributed by atoms with Crippen molar-refractivity contribution in [2.75, 3.05) is 25.2 Å². The lowest BCUT2D eigenvalue weighted by Crippen LogP contribution is -2.31. The summed E-state index contributed by atoms with van der Waals surface area (Å²) in [5, 5.41) is 2.96. The molecule has 2 N–H and O–H groups in total. The third-order valence-corrected chi connectivity index (χ3v) is 6.11. The van der Waals surface area contributed by atoms with Gasteiger partial charge in [0.2, 0.25) is 10.0 Å². The van der Waals surface area contributed by atoms with Crippen LogP contribution in [0, 0.1) is 0 Å². The molecule has 1 aliphatic carbocycles. The lowest BCUT2D eigenvalue weighted by Gasteiger charge is -2.13. The molecule has 0 radical (unpaired) electrons. The predicted molar refractivity (Wildman–Crippen MR) is 76.7 cm³/mol. The van der Waals surface area contributed by atoms with E-state index in [1.807, 2.05) is 6.26 Å². The lowest BCUT2D eigenvalue weighted by molar-refractivity contribution is 0.580. The van der Waals surface area contributed by atoms with E-state index >= 15 is 0 Å². The first-order valence-electron chi connectivity index (χ1n) is 5.84. The van der Waals surface area contributed by atoms with Crippen molar-refractivity contribution in [3.8, 4) is 0 Å². The molecule has 0 amide bonds. The van der Waals surface area contributed by atoms with Gasteiger partial charge in [-0.25, -0.2) is 13.1 Å². The maximum absolute atomic E-state index is 12.1. The van der Waals surface area contributed by atoms with E-state index in [0.29, 0.717) is 11.4 Å². The molecule has 0 atom stereocenters. The van der Waals surface area contributed by atoms with Gasteiger partial charge in [0.25, 0.3) is 0 Å². The highest BCUT2D eigenvalue weighted by molar-refractivity contribution is 8.00. The number of thioether (sulfide) groups is 1. The van der Waals surface area contributed by atoms with Crippen LogP contribution in [0.5, 0.6) is 0 Å². The van der Waals surface area contributed by atoms with Crippen LogP contribution in [0.1, 0.15) is 12.8 Å². The van der Waals surface area contributed by atoms with Crippen LogP contribution in [0.4, 0.5) is 5.69 Å². The van der Waals surface area contributed by atoms with Crippen molar-refractivity contribution >= 4 is 27.5 Å². The molecule has 0 spiro atoms. The average molecular weight is 286 g/mol. The van der Waals surface area contributed by atoms with Gasteiger partial charge in [0.1, 0.15) is 0 Å². The fourth-order valence-electron chi connectivity index (χ4n) is 1.70. The molecule has 1 aromatic rings. The minimum absolute atomic E-state index is 0.137. The number of nitrogens with one attached hydrogen (secondary N) is 2. The molecule has 0 bridgehead atoms. The summed E-state index contributed by atoms with van der Waals surface area (Å²) < 4.78 is 27.0. The van der Waals surface area contributed by atoms with Crippen molar-refractivity contribution in [1.29, 1.82) is 0 Å². The zero-order valence-corrected chi connectivity index (χ0v) is 12.2. The van der Waals surface area contributed by atoms with E-state index in [2.05, 4.69) is 10.0 Å². The largest absolute Gasteiger partial charge is 0.388 e. The Kier molecular flexibility index (Phi) is 3.89. The molecular weight excluding hydrogens is 268 g/mol. The summed E-state index contributed by atoms with van der Waals surface area (Å²) in [5.74, 6) is 0. The van der Waals surface area contributed by atoms with Crippen LogP contribution in [0.15, 0.2) is 29.2 Å². The number of hydrogen-bond donors (Lipinski definition) is 2. The number of sulfonamides is 1. The van der Waals surface area contributed by atoms with Gasteiger partial charge >= 0.3 is 0 Å². The smallest absolute Gasteiger partial charge is 0.240 e. The van der Waals surface area contributed by atoms with Gasteiger partial charge in [-0.15, -0.1) is 0 Å². The van der Waals surface area contributed by atoms with Crippen LogP contribution in [0.2, 0.25) is 0 Å². The standard InChI is InChI=1S/C12H18N2O2S2/c1-13-10-3-5-11(6-4-10)18(15,16)14-9-12(17-2)7-8-12/h3-6,13-14H,7-9H2,1-2H3. The normalized spacial score (nSPS) is 17.4. The Hall–Kier alpha value is -0.720. The third-order valence-electron chi connectivity index (χ3n) is 3.28. The third kappa shape index (κ3) is 2.99. The van der Waals surface area contributed by atoms with Gasteiger partial charge in [0.05, 0.1) is 4.90 Å². The maximum Gasteiger partial charge on any atom is 0.240 e. The van der Waals surface area contributed by atoms with E-state index < -0.39 is 10.0 Å². The van der Waals surface area contributed by atoms with Gasteiger partial charge in [0, 0.05) is 24.0 Å². The second-order valence-corrected chi connectivity index (χ2v) is 7.53. The lowest BCUT2D eigenvalue weighted by atomic mass is 10.3. The van der Waals surface area contributed by atoms with E-state index in [1.54, 1.807) is 43.1 Å². The molecule has 18 heavy (non-hydrogen) atoms. The van der Waals surface area contributed by atoms with Gasteiger partial charge in [-0.1, -0.05) is 0 Å². The Morgan fingerprint density at radius 2 is 1.89 bits per heavy atom. The van der Waals surface area contributed by atoms with E-state index in [1.165, 1.54) is 0 Å². The van der Waals surface area contributed by atoms with Crippen LogP contribution < -0.4 is 10.0 Å². The fraction of sp³-hybridized carbons (Fsp3) is 0.500. The molecule has 1 fully saturated rings. The molecule has 100 valence electrons. The van der Waals surface area contributed by atoms with Gasteiger partial charge in [-0.3, -0.25) is 0 Å². The van der Waals surface area contributed by atoms with Crippen molar-refractivity contribution in [1.82, 2.24) is 4.72 Å². The quantitative estimate of drug-likeness (QED) is 0.838. The Morgan fingerprint density at radius 3 is 2.33 bits per heavy atom.